The lowest BCUT2D eigenvalue weighted by Crippen LogP contribution is -2.36. The number of carbonyl (C=O) groups is 2. The number of ether oxygens (including phenoxy) is 1. The summed E-state index contributed by atoms with van der Waals surface area (Å²) in [6.07, 6.45) is 9.63. The maximum absolute atomic E-state index is 12.0. The molecule has 0 aromatic carbocycles. The highest BCUT2D eigenvalue weighted by atomic mass is 16.5. The van der Waals surface area contributed by atoms with Crippen LogP contribution in [0.4, 0.5) is 0 Å². The molecule has 20 heavy (non-hydrogen) atoms. The van der Waals surface area contributed by atoms with Crippen molar-refractivity contribution in [1.29, 1.82) is 0 Å². The fourth-order valence-corrected chi connectivity index (χ4v) is 2.61. The Morgan fingerprint density at radius 2 is 1.70 bits per heavy atom. The first kappa shape index (κ1) is 15.1. The minimum atomic E-state index is -0.380. The second-order valence-electron chi connectivity index (χ2n) is 5.92. The van der Waals surface area contributed by atoms with Crippen molar-refractivity contribution >= 4 is 11.9 Å². The molecular formula is C16H25NO3. The summed E-state index contributed by atoms with van der Waals surface area (Å²) in [6.45, 7) is 3.44. The lowest BCUT2D eigenvalue weighted by Gasteiger charge is -2.24. The van der Waals surface area contributed by atoms with Crippen molar-refractivity contribution in [2.45, 2.75) is 51.9 Å². The van der Waals surface area contributed by atoms with E-state index in [1.165, 1.54) is 32.1 Å². The van der Waals surface area contributed by atoms with Crippen LogP contribution >= 0.6 is 0 Å². The number of hydrogen-bond donors (Lipinski definition) is 0. The summed E-state index contributed by atoms with van der Waals surface area (Å²) in [5.41, 5.74) is 1.08. The zero-order valence-electron chi connectivity index (χ0n) is 12.4. The topological polar surface area (TPSA) is 46.6 Å². The van der Waals surface area contributed by atoms with Gasteiger partial charge in [0.1, 0.15) is 0 Å². The van der Waals surface area contributed by atoms with E-state index in [0.29, 0.717) is 5.92 Å². The molecule has 1 amide bonds. The number of carbonyl (C=O) groups excluding carboxylic acids is 2. The van der Waals surface area contributed by atoms with Gasteiger partial charge < -0.3 is 9.64 Å². The monoisotopic (exact) mass is 279 g/mol. The Morgan fingerprint density at radius 1 is 1.10 bits per heavy atom. The molecule has 0 unspecified atom stereocenters. The van der Waals surface area contributed by atoms with Crippen molar-refractivity contribution in [1.82, 2.24) is 4.90 Å². The Morgan fingerprint density at radius 3 is 2.30 bits per heavy atom. The maximum atomic E-state index is 12.0. The molecule has 0 N–H and O–H groups in total. The van der Waals surface area contributed by atoms with Gasteiger partial charge in [0.25, 0.3) is 5.91 Å². The van der Waals surface area contributed by atoms with Gasteiger partial charge in [-0.1, -0.05) is 24.8 Å². The number of allylic oxidation sites excluding steroid dienone is 1. The quantitative estimate of drug-likeness (QED) is 0.587. The van der Waals surface area contributed by atoms with E-state index >= 15 is 0 Å². The molecule has 112 valence electrons. The molecule has 2 rings (SSSR count). The van der Waals surface area contributed by atoms with Crippen molar-refractivity contribution in [3.8, 4) is 0 Å². The Bertz CT molecular complexity index is 377. The van der Waals surface area contributed by atoms with Crippen LogP contribution in [0.3, 0.4) is 0 Å². The Hall–Kier alpha value is -1.32. The molecular weight excluding hydrogens is 254 g/mol. The molecule has 2 aliphatic rings. The summed E-state index contributed by atoms with van der Waals surface area (Å²) in [5, 5.41) is 0. The summed E-state index contributed by atoms with van der Waals surface area (Å²) in [6, 6.07) is 0. The molecule has 1 heterocycles. The van der Waals surface area contributed by atoms with Crippen LogP contribution in [0, 0.1) is 5.92 Å². The van der Waals surface area contributed by atoms with Gasteiger partial charge in [0.2, 0.25) is 0 Å². The van der Waals surface area contributed by atoms with E-state index < -0.39 is 0 Å². The number of amides is 1. The second kappa shape index (κ2) is 7.46. The van der Waals surface area contributed by atoms with E-state index in [4.69, 9.17) is 4.74 Å². The fourth-order valence-electron chi connectivity index (χ4n) is 2.61. The maximum Gasteiger partial charge on any atom is 0.331 e. The fraction of sp³-hybridized carbons (Fsp3) is 0.750. The highest BCUT2D eigenvalue weighted by Crippen LogP contribution is 2.35. The van der Waals surface area contributed by atoms with Gasteiger partial charge in [0, 0.05) is 19.2 Å². The molecule has 0 aromatic rings. The standard InChI is InChI=1S/C16H25NO3/c1-13(14-7-8-14)11-16(19)20-12-15(18)17-9-5-3-2-4-6-10-17/h11,14H,2-10,12H2,1H3. The minimum Gasteiger partial charge on any atom is -0.452 e. The molecule has 1 aliphatic carbocycles. The molecule has 4 nitrogen and oxygen atoms in total. The Kier molecular flexibility index (Phi) is 5.62. The normalized spacial score (nSPS) is 21.1. The van der Waals surface area contributed by atoms with Crippen LogP contribution in [0.5, 0.6) is 0 Å². The lowest BCUT2D eigenvalue weighted by molar-refractivity contribution is -0.148. The summed E-state index contributed by atoms with van der Waals surface area (Å²) in [7, 11) is 0. The van der Waals surface area contributed by atoms with Crippen molar-refractivity contribution in [3.63, 3.8) is 0 Å². The van der Waals surface area contributed by atoms with Crippen molar-refractivity contribution in [2.75, 3.05) is 19.7 Å². The van der Waals surface area contributed by atoms with Crippen molar-refractivity contribution < 1.29 is 14.3 Å². The molecule has 0 atom stereocenters. The smallest absolute Gasteiger partial charge is 0.331 e. The predicted molar refractivity (Wildman–Crippen MR) is 77.1 cm³/mol. The first-order chi connectivity index (χ1) is 9.66. The predicted octanol–water partition coefficient (Wildman–Crippen LogP) is 2.68. The largest absolute Gasteiger partial charge is 0.452 e. The third-order valence-corrected chi connectivity index (χ3v) is 4.11. The molecule has 1 saturated carbocycles. The number of hydrogen-bond acceptors (Lipinski definition) is 3. The van der Waals surface area contributed by atoms with E-state index in [9.17, 15) is 9.59 Å². The average Bonchev–Trinajstić information content (AvgIpc) is 3.19. The summed E-state index contributed by atoms with van der Waals surface area (Å²) in [5.74, 6) is 0.125. The third kappa shape index (κ3) is 4.99. The first-order valence-electron chi connectivity index (χ1n) is 7.79. The van der Waals surface area contributed by atoms with Gasteiger partial charge in [0.15, 0.2) is 6.61 Å². The molecule has 1 aliphatic heterocycles. The first-order valence-corrected chi connectivity index (χ1v) is 7.79. The Labute approximate surface area is 121 Å². The van der Waals surface area contributed by atoms with Gasteiger partial charge in [-0.3, -0.25) is 4.79 Å². The van der Waals surface area contributed by atoms with Crippen LogP contribution in [-0.2, 0) is 14.3 Å². The molecule has 4 heteroatoms. The summed E-state index contributed by atoms with van der Waals surface area (Å²) >= 11 is 0. The van der Waals surface area contributed by atoms with Crippen LogP contribution in [-0.4, -0.2) is 36.5 Å². The average molecular weight is 279 g/mol. The summed E-state index contributed by atoms with van der Waals surface area (Å²) < 4.78 is 5.07. The number of rotatable bonds is 4. The molecule has 1 saturated heterocycles. The Balaban J connectivity index is 1.72. The van der Waals surface area contributed by atoms with E-state index in [2.05, 4.69) is 0 Å². The van der Waals surface area contributed by atoms with Gasteiger partial charge in [-0.05, 0) is 38.5 Å². The lowest BCUT2D eigenvalue weighted by atomic mass is 10.1. The molecule has 0 bridgehead atoms. The van der Waals surface area contributed by atoms with Crippen LogP contribution in [0.2, 0.25) is 0 Å². The van der Waals surface area contributed by atoms with E-state index in [0.717, 1.165) is 31.5 Å². The number of likely N-dealkylation sites (tertiary alicyclic amines) is 1. The molecule has 0 aromatic heterocycles. The van der Waals surface area contributed by atoms with Crippen LogP contribution in [0.25, 0.3) is 0 Å². The highest BCUT2D eigenvalue weighted by Gasteiger charge is 2.24. The van der Waals surface area contributed by atoms with Gasteiger partial charge in [-0.2, -0.15) is 0 Å². The number of nitrogens with zero attached hydrogens (tertiary/aromatic N) is 1. The van der Waals surface area contributed by atoms with Gasteiger partial charge in [-0.25, -0.2) is 4.79 Å². The van der Waals surface area contributed by atoms with Gasteiger partial charge >= 0.3 is 5.97 Å². The van der Waals surface area contributed by atoms with E-state index in [1.54, 1.807) is 6.08 Å². The molecule has 2 fully saturated rings. The van der Waals surface area contributed by atoms with Gasteiger partial charge in [-0.15, -0.1) is 0 Å². The second-order valence-corrected chi connectivity index (χ2v) is 5.92. The molecule has 0 spiro atoms. The minimum absolute atomic E-state index is 0.0577. The van der Waals surface area contributed by atoms with Crippen molar-refractivity contribution in [3.05, 3.63) is 11.6 Å². The van der Waals surface area contributed by atoms with E-state index in [1.807, 2.05) is 11.8 Å². The SMILES string of the molecule is CC(=CC(=O)OCC(=O)N1CCCCCCC1)C1CC1. The third-order valence-electron chi connectivity index (χ3n) is 4.11. The van der Waals surface area contributed by atoms with Crippen LogP contribution in [0.1, 0.15) is 51.9 Å². The van der Waals surface area contributed by atoms with Crippen LogP contribution in [0.15, 0.2) is 11.6 Å². The zero-order valence-corrected chi connectivity index (χ0v) is 12.4. The van der Waals surface area contributed by atoms with E-state index in [-0.39, 0.29) is 18.5 Å². The summed E-state index contributed by atoms with van der Waals surface area (Å²) in [4.78, 5) is 25.5. The zero-order chi connectivity index (χ0) is 14.4. The van der Waals surface area contributed by atoms with Crippen LogP contribution < -0.4 is 0 Å². The van der Waals surface area contributed by atoms with Crippen molar-refractivity contribution in [2.24, 2.45) is 5.92 Å². The number of esters is 1. The molecule has 0 radical (unpaired) electrons. The highest BCUT2D eigenvalue weighted by molar-refractivity contribution is 5.86. The van der Waals surface area contributed by atoms with Gasteiger partial charge in [0.05, 0.1) is 0 Å².